The molecule has 2 heteroatoms. The summed E-state index contributed by atoms with van der Waals surface area (Å²) in [5.74, 6) is -0.0429. The molecule has 0 bridgehead atoms. The van der Waals surface area contributed by atoms with Crippen molar-refractivity contribution in [2.24, 2.45) is 0 Å². The molecule has 0 radical (unpaired) electrons. The molecular weight excluding hydrogens is 174 g/mol. The van der Waals surface area contributed by atoms with Crippen molar-refractivity contribution in [3.8, 4) is 0 Å². The zero-order chi connectivity index (χ0) is 10.6. The van der Waals surface area contributed by atoms with Gasteiger partial charge in [-0.05, 0) is 12.5 Å². The maximum Gasteiger partial charge on any atom is 0.233 e. The maximum absolute atomic E-state index is 11.7. The van der Waals surface area contributed by atoms with Crippen LogP contribution in [0.1, 0.15) is 12.5 Å². The highest BCUT2D eigenvalue weighted by molar-refractivity contribution is 5.89. The fourth-order valence-electron chi connectivity index (χ4n) is 1.39. The normalized spacial score (nSPS) is 14.1. The molecule has 1 rings (SSSR count). The minimum atomic E-state index is -0.643. The van der Waals surface area contributed by atoms with Gasteiger partial charge < -0.3 is 5.32 Å². The molecule has 1 N–H and O–H groups in total. The Balaban J connectivity index is 3.14. The third-order valence-electron chi connectivity index (χ3n) is 2.48. The van der Waals surface area contributed by atoms with Gasteiger partial charge in [-0.3, -0.25) is 4.79 Å². The molecule has 14 heavy (non-hydrogen) atoms. The molecule has 0 heterocycles. The summed E-state index contributed by atoms with van der Waals surface area (Å²) in [5, 5.41) is 2.64. The smallest absolute Gasteiger partial charge is 0.233 e. The molecule has 1 unspecified atom stereocenters. The van der Waals surface area contributed by atoms with Gasteiger partial charge in [0.15, 0.2) is 0 Å². The van der Waals surface area contributed by atoms with Crippen LogP contribution in [0.3, 0.4) is 0 Å². The van der Waals surface area contributed by atoms with Gasteiger partial charge in [0, 0.05) is 7.05 Å². The summed E-state index contributed by atoms with van der Waals surface area (Å²) in [5.41, 5.74) is 0.310. The number of rotatable bonds is 3. The Morgan fingerprint density at radius 1 is 1.43 bits per heavy atom. The number of benzene rings is 1. The summed E-state index contributed by atoms with van der Waals surface area (Å²) in [6, 6.07) is 9.62. The van der Waals surface area contributed by atoms with Crippen molar-refractivity contribution in [2.75, 3.05) is 7.05 Å². The van der Waals surface area contributed by atoms with E-state index in [2.05, 4.69) is 11.9 Å². The highest BCUT2D eigenvalue weighted by atomic mass is 16.2. The lowest BCUT2D eigenvalue weighted by molar-refractivity contribution is -0.124. The van der Waals surface area contributed by atoms with Crippen LogP contribution in [0.5, 0.6) is 0 Å². The second-order valence-corrected chi connectivity index (χ2v) is 3.35. The molecule has 0 aliphatic heterocycles. The number of likely N-dealkylation sites (N-methyl/N-ethyl adjacent to an activating group) is 1. The largest absolute Gasteiger partial charge is 0.358 e. The van der Waals surface area contributed by atoms with Gasteiger partial charge in [-0.2, -0.15) is 0 Å². The molecule has 0 spiro atoms. The Bertz CT molecular complexity index is 331. The van der Waals surface area contributed by atoms with Crippen molar-refractivity contribution < 1.29 is 4.79 Å². The van der Waals surface area contributed by atoms with E-state index < -0.39 is 5.41 Å². The van der Waals surface area contributed by atoms with Crippen molar-refractivity contribution in [2.45, 2.75) is 12.3 Å². The summed E-state index contributed by atoms with van der Waals surface area (Å²) < 4.78 is 0. The molecular formula is C12H15NO. The molecule has 0 aliphatic rings. The Morgan fingerprint density at radius 2 is 2.00 bits per heavy atom. The second kappa shape index (κ2) is 4.09. The first-order valence-electron chi connectivity index (χ1n) is 4.56. The second-order valence-electron chi connectivity index (χ2n) is 3.35. The maximum atomic E-state index is 11.7. The third-order valence-corrected chi connectivity index (χ3v) is 2.48. The summed E-state index contributed by atoms with van der Waals surface area (Å²) in [4.78, 5) is 11.7. The molecule has 1 amide bonds. The number of carbonyl (C=O) groups excluding carboxylic acids is 1. The zero-order valence-electron chi connectivity index (χ0n) is 8.58. The van der Waals surface area contributed by atoms with Gasteiger partial charge in [-0.1, -0.05) is 36.4 Å². The molecule has 1 aromatic carbocycles. The van der Waals surface area contributed by atoms with Gasteiger partial charge in [0.2, 0.25) is 5.91 Å². The summed E-state index contributed by atoms with van der Waals surface area (Å²) >= 11 is 0. The first-order chi connectivity index (χ1) is 6.65. The molecule has 2 nitrogen and oxygen atoms in total. The molecule has 74 valence electrons. The molecule has 0 aliphatic carbocycles. The quantitative estimate of drug-likeness (QED) is 0.723. The minimum absolute atomic E-state index is 0.0429. The lowest BCUT2D eigenvalue weighted by atomic mass is 9.82. The van der Waals surface area contributed by atoms with Crippen molar-refractivity contribution in [3.63, 3.8) is 0 Å². The van der Waals surface area contributed by atoms with Crippen LogP contribution in [0.25, 0.3) is 0 Å². The average Bonchev–Trinajstić information content (AvgIpc) is 2.28. The van der Waals surface area contributed by atoms with E-state index in [1.54, 1.807) is 13.1 Å². The fourth-order valence-corrected chi connectivity index (χ4v) is 1.39. The minimum Gasteiger partial charge on any atom is -0.358 e. The van der Waals surface area contributed by atoms with Gasteiger partial charge in [0.25, 0.3) is 0 Å². The predicted octanol–water partition coefficient (Wildman–Crippen LogP) is 1.88. The number of carbonyl (C=O) groups is 1. The van der Waals surface area contributed by atoms with Crippen LogP contribution in [0.4, 0.5) is 0 Å². The summed E-state index contributed by atoms with van der Waals surface area (Å²) in [7, 11) is 1.63. The summed E-state index contributed by atoms with van der Waals surface area (Å²) in [6.07, 6.45) is 1.67. The van der Waals surface area contributed by atoms with Gasteiger partial charge in [0.05, 0.1) is 5.41 Å². The standard InChI is InChI=1S/C12H15NO/c1-4-12(2,11(14)13-3)10-8-6-5-7-9-10/h4-9H,1H2,2-3H3,(H,13,14). The molecule has 0 saturated carbocycles. The van der Waals surface area contributed by atoms with Crippen molar-refractivity contribution in [1.82, 2.24) is 5.32 Å². The Labute approximate surface area is 84.6 Å². The Kier molecular flexibility index (Phi) is 3.07. The lowest BCUT2D eigenvalue weighted by Crippen LogP contribution is -2.38. The Morgan fingerprint density at radius 3 is 2.43 bits per heavy atom. The van der Waals surface area contributed by atoms with Crippen LogP contribution in [-0.4, -0.2) is 13.0 Å². The van der Waals surface area contributed by atoms with Gasteiger partial charge in [-0.15, -0.1) is 6.58 Å². The first kappa shape index (κ1) is 10.5. The monoisotopic (exact) mass is 189 g/mol. The first-order valence-corrected chi connectivity index (χ1v) is 4.56. The summed E-state index contributed by atoms with van der Waals surface area (Å²) in [6.45, 7) is 5.57. The van der Waals surface area contributed by atoms with E-state index in [0.717, 1.165) is 5.56 Å². The van der Waals surface area contributed by atoms with Crippen LogP contribution in [-0.2, 0) is 10.2 Å². The van der Waals surface area contributed by atoms with Gasteiger partial charge in [0.1, 0.15) is 0 Å². The average molecular weight is 189 g/mol. The van der Waals surface area contributed by atoms with Gasteiger partial charge >= 0.3 is 0 Å². The van der Waals surface area contributed by atoms with Crippen molar-refractivity contribution >= 4 is 5.91 Å². The number of amides is 1. The number of hydrogen-bond acceptors (Lipinski definition) is 1. The van der Waals surface area contributed by atoms with E-state index in [4.69, 9.17) is 0 Å². The van der Waals surface area contributed by atoms with Gasteiger partial charge in [-0.25, -0.2) is 0 Å². The lowest BCUT2D eigenvalue weighted by Gasteiger charge is -2.23. The molecule has 0 aromatic heterocycles. The molecule has 0 saturated heterocycles. The van der Waals surface area contributed by atoms with Crippen LogP contribution in [0.15, 0.2) is 43.0 Å². The van der Waals surface area contributed by atoms with Crippen LogP contribution < -0.4 is 5.32 Å². The number of nitrogens with one attached hydrogen (secondary N) is 1. The molecule has 1 atom stereocenters. The third kappa shape index (κ3) is 1.69. The number of hydrogen-bond donors (Lipinski definition) is 1. The van der Waals surface area contributed by atoms with E-state index >= 15 is 0 Å². The van der Waals surface area contributed by atoms with Crippen LogP contribution in [0.2, 0.25) is 0 Å². The SMILES string of the molecule is C=CC(C)(C(=O)NC)c1ccccc1. The molecule has 0 fully saturated rings. The topological polar surface area (TPSA) is 29.1 Å². The van der Waals surface area contributed by atoms with Crippen molar-refractivity contribution in [1.29, 1.82) is 0 Å². The predicted molar refractivity (Wildman–Crippen MR) is 58.1 cm³/mol. The van der Waals surface area contributed by atoms with Crippen LogP contribution in [0, 0.1) is 0 Å². The fraction of sp³-hybridized carbons (Fsp3) is 0.250. The Hall–Kier alpha value is -1.57. The highest BCUT2D eigenvalue weighted by Crippen LogP contribution is 2.24. The van der Waals surface area contributed by atoms with E-state index in [1.165, 1.54) is 0 Å². The van der Waals surface area contributed by atoms with E-state index in [-0.39, 0.29) is 5.91 Å². The van der Waals surface area contributed by atoms with Crippen LogP contribution >= 0.6 is 0 Å². The van der Waals surface area contributed by atoms with E-state index in [1.807, 2.05) is 37.3 Å². The van der Waals surface area contributed by atoms with E-state index in [0.29, 0.717) is 0 Å². The molecule has 1 aromatic rings. The van der Waals surface area contributed by atoms with Crippen molar-refractivity contribution in [3.05, 3.63) is 48.6 Å². The zero-order valence-corrected chi connectivity index (χ0v) is 8.58. The highest BCUT2D eigenvalue weighted by Gasteiger charge is 2.30. The van der Waals surface area contributed by atoms with E-state index in [9.17, 15) is 4.79 Å².